The molecule has 9 heteroatoms. The van der Waals surface area contributed by atoms with Gasteiger partial charge in [0.1, 0.15) is 0 Å². The van der Waals surface area contributed by atoms with E-state index < -0.39 is 10.0 Å². The zero-order chi connectivity index (χ0) is 13.9. The lowest BCUT2D eigenvalue weighted by Crippen LogP contribution is -2.41. The highest BCUT2D eigenvalue weighted by Gasteiger charge is 2.25. The van der Waals surface area contributed by atoms with Gasteiger partial charge in [-0.2, -0.15) is 5.10 Å². The van der Waals surface area contributed by atoms with Crippen LogP contribution in [0.2, 0.25) is 5.02 Å². The zero-order valence-electron chi connectivity index (χ0n) is 11.1. The standard InChI is InChI=1S/C10H19ClN4O2S.ClH/c1-7(2)4-8(5-12)14-18(16,17)10-9(11)6-13-15(10)3;/h6-8,14H,4-5,12H2,1-3H3;1H. The number of halogens is 2. The van der Waals surface area contributed by atoms with Crippen LogP contribution in [0.1, 0.15) is 20.3 Å². The van der Waals surface area contributed by atoms with Gasteiger partial charge in [-0.3, -0.25) is 4.68 Å². The predicted molar refractivity (Wildman–Crippen MR) is 78.1 cm³/mol. The molecule has 0 aliphatic carbocycles. The van der Waals surface area contributed by atoms with Gasteiger partial charge in [-0.25, -0.2) is 13.1 Å². The quantitative estimate of drug-likeness (QED) is 0.818. The second kappa shape index (κ2) is 7.44. The van der Waals surface area contributed by atoms with Gasteiger partial charge in [0.05, 0.1) is 11.2 Å². The summed E-state index contributed by atoms with van der Waals surface area (Å²) in [6.45, 7) is 4.26. The van der Waals surface area contributed by atoms with E-state index in [4.69, 9.17) is 17.3 Å². The first-order valence-electron chi connectivity index (χ1n) is 5.67. The Bertz CT molecular complexity index is 482. The Kier molecular flexibility index (Phi) is 7.31. The van der Waals surface area contributed by atoms with Crippen LogP contribution in [-0.4, -0.2) is 30.8 Å². The summed E-state index contributed by atoms with van der Waals surface area (Å²) < 4.78 is 28.1. The average molecular weight is 331 g/mol. The number of aryl methyl sites for hydroxylation is 1. The minimum atomic E-state index is -3.70. The molecule has 0 aliphatic rings. The smallest absolute Gasteiger partial charge is 0.259 e. The first-order chi connectivity index (χ1) is 8.27. The molecule has 0 fully saturated rings. The lowest BCUT2D eigenvalue weighted by atomic mass is 10.1. The van der Waals surface area contributed by atoms with Crippen LogP contribution in [0, 0.1) is 5.92 Å². The zero-order valence-corrected chi connectivity index (χ0v) is 13.5. The van der Waals surface area contributed by atoms with Crippen molar-refractivity contribution in [3.05, 3.63) is 11.2 Å². The predicted octanol–water partition coefficient (Wildman–Crippen LogP) is 1.15. The third-order valence-corrected chi connectivity index (χ3v) is 4.48. The summed E-state index contributed by atoms with van der Waals surface area (Å²) in [5.41, 5.74) is 5.58. The largest absolute Gasteiger partial charge is 0.329 e. The van der Waals surface area contributed by atoms with Gasteiger partial charge in [-0.1, -0.05) is 25.4 Å². The van der Waals surface area contributed by atoms with Crippen LogP contribution < -0.4 is 10.5 Å². The highest BCUT2D eigenvalue weighted by Crippen LogP contribution is 2.20. The maximum Gasteiger partial charge on any atom is 0.259 e. The van der Waals surface area contributed by atoms with Gasteiger partial charge < -0.3 is 5.73 Å². The fourth-order valence-corrected chi connectivity index (χ4v) is 3.66. The first-order valence-corrected chi connectivity index (χ1v) is 7.54. The number of nitrogens with one attached hydrogen (secondary N) is 1. The van der Waals surface area contributed by atoms with Crippen LogP contribution >= 0.6 is 24.0 Å². The monoisotopic (exact) mass is 330 g/mol. The molecule has 1 unspecified atom stereocenters. The van der Waals surface area contributed by atoms with Crippen molar-refractivity contribution in [3.8, 4) is 0 Å². The number of hydrogen-bond acceptors (Lipinski definition) is 4. The van der Waals surface area contributed by atoms with Gasteiger partial charge >= 0.3 is 0 Å². The van der Waals surface area contributed by atoms with Crippen LogP contribution in [-0.2, 0) is 17.1 Å². The summed E-state index contributed by atoms with van der Waals surface area (Å²) in [6.07, 6.45) is 1.97. The molecule has 0 amide bonds. The molecule has 6 nitrogen and oxygen atoms in total. The normalized spacial score (nSPS) is 13.4. The van der Waals surface area contributed by atoms with Gasteiger partial charge in [0, 0.05) is 19.6 Å². The van der Waals surface area contributed by atoms with Gasteiger partial charge in [0.15, 0.2) is 5.03 Å². The van der Waals surface area contributed by atoms with E-state index in [1.807, 2.05) is 13.8 Å². The molecule has 0 aliphatic heterocycles. The number of aromatic nitrogens is 2. The molecule has 3 N–H and O–H groups in total. The van der Waals surface area contributed by atoms with Crippen LogP contribution in [0.4, 0.5) is 0 Å². The molecule has 1 rings (SSSR count). The maximum absolute atomic E-state index is 12.2. The van der Waals surface area contributed by atoms with E-state index in [-0.39, 0.29) is 35.0 Å². The van der Waals surface area contributed by atoms with Crippen molar-refractivity contribution in [2.45, 2.75) is 31.3 Å². The van der Waals surface area contributed by atoms with Crippen molar-refractivity contribution in [1.29, 1.82) is 0 Å². The summed E-state index contributed by atoms with van der Waals surface area (Å²) in [7, 11) is -2.17. The molecule has 0 saturated heterocycles. The van der Waals surface area contributed by atoms with Crippen molar-refractivity contribution in [1.82, 2.24) is 14.5 Å². The Labute approximate surface area is 125 Å². The number of rotatable bonds is 6. The van der Waals surface area contributed by atoms with E-state index >= 15 is 0 Å². The summed E-state index contributed by atoms with van der Waals surface area (Å²) in [5.74, 6) is 0.350. The SMILES string of the molecule is CC(C)CC(CN)NS(=O)(=O)c1c(Cl)cnn1C.Cl. The van der Waals surface area contributed by atoms with E-state index in [1.165, 1.54) is 17.9 Å². The average Bonchev–Trinajstić information content (AvgIpc) is 2.56. The summed E-state index contributed by atoms with van der Waals surface area (Å²) in [4.78, 5) is 0. The highest BCUT2D eigenvalue weighted by atomic mass is 35.5. The third kappa shape index (κ3) is 4.92. The number of hydrogen-bond donors (Lipinski definition) is 2. The second-order valence-electron chi connectivity index (χ2n) is 4.60. The molecular formula is C10H20Cl2N4O2S. The molecule has 0 radical (unpaired) electrons. The van der Waals surface area contributed by atoms with E-state index in [0.29, 0.717) is 12.3 Å². The molecule has 0 aromatic carbocycles. The Balaban J connectivity index is 0.00000324. The molecule has 1 aromatic rings. The molecule has 1 atom stereocenters. The fourth-order valence-electron chi connectivity index (χ4n) is 1.74. The van der Waals surface area contributed by atoms with Crippen molar-refractivity contribution in [3.63, 3.8) is 0 Å². The Morgan fingerprint density at radius 1 is 1.53 bits per heavy atom. The third-order valence-electron chi connectivity index (χ3n) is 2.46. The first kappa shape index (κ1) is 18.7. The summed E-state index contributed by atoms with van der Waals surface area (Å²) >= 11 is 5.83. The van der Waals surface area contributed by atoms with Crippen LogP contribution in [0.15, 0.2) is 11.2 Å². The van der Waals surface area contributed by atoms with Crippen molar-refractivity contribution >= 4 is 34.0 Å². The van der Waals surface area contributed by atoms with Crippen molar-refractivity contribution < 1.29 is 8.42 Å². The molecule has 0 bridgehead atoms. The van der Waals surface area contributed by atoms with Gasteiger partial charge in [0.2, 0.25) is 0 Å². The van der Waals surface area contributed by atoms with Crippen molar-refractivity contribution in [2.24, 2.45) is 18.7 Å². The lowest BCUT2D eigenvalue weighted by Gasteiger charge is -2.18. The molecule has 0 saturated carbocycles. The van der Waals surface area contributed by atoms with E-state index in [9.17, 15) is 8.42 Å². The summed E-state index contributed by atoms with van der Waals surface area (Å²) in [5, 5.41) is 3.88. The number of nitrogens with two attached hydrogens (primary N) is 1. The molecule has 1 heterocycles. The Morgan fingerprint density at radius 2 is 2.11 bits per heavy atom. The van der Waals surface area contributed by atoms with Gasteiger partial charge in [0.25, 0.3) is 10.0 Å². The fraction of sp³-hybridized carbons (Fsp3) is 0.700. The molecular weight excluding hydrogens is 311 g/mol. The highest BCUT2D eigenvalue weighted by molar-refractivity contribution is 7.89. The molecule has 1 aromatic heterocycles. The molecule has 19 heavy (non-hydrogen) atoms. The van der Waals surface area contributed by atoms with E-state index in [1.54, 1.807) is 0 Å². The number of sulfonamides is 1. The van der Waals surface area contributed by atoms with Crippen molar-refractivity contribution in [2.75, 3.05) is 6.54 Å². The number of nitrogens with zero attached hydrogens (tertiary/aromatic N) is 2. The minimum absolute atomic E-state index is 0. The van der Waals surface area contributed by atoms with E-state index in [0.717, 1.165) is 0 Å². The van der Waals surface area contributed by atoms with Gasteiger partial charge in [-0.05, 0) is 12.3 Å². The topological polar surface area (TPSA) is 90.0 Å². The second-order valence-corrected chi connectivity index (χ2v) is 6.64. The van der Waals surface area contributed by atoms with Crippen LogP contribution in [0.5, 0.6) is 0 Å². The maximum atomic E-state index is 12.2. The van der Waals surface area contributed by atoms with Crippen LogP contribution in [0.25, 0.3) is 0 Å². The van der Waals surface area contributed by atoms with Crippen LogP contribution in [0.3, 0.4) is 0 Å². The Hall–Kier alpha value is -0.340. The van der Waals surface area contributed by atoms with E-state index in [2.05, 4.69) is 9.82 Å². The minimum Gasteiger partial charge on any atom is -0.329 e. The Morgan fingerprint density at radius 3 is 2.47 bits per heavy atom. The summed E-state index contributed by atoms with van der Waals surface area (Å²) in [6, 6.07) is -0.305. The molecule has 112 valence electrons. The molecule has 0 spiro atoms. The van der Waals surface area contributed by atoms with Gasteiger partial charge in [-0.15, -0.1) is 12.4 Å². The lowest BCUT2D eigenvalue weighted by molar-refractivity contribution is 0.462.